The minimum absolute atomic E-state index is 0.110. The summed E-state index contributed by atoms with van der Waals surface area (Å²) in [5.41, 5.74) is 0.942. The van der Waals surface area contributed by atoms with Crippen LogP contribution in [0.1, 0.15) is 24.7 Å². The molecule has 0 bridgehead atoms. The van der Waals surface area contributed by atoms with E-state index in [0.717, 1.165) is 10.0 Å². The zero-order valence-corrected chi connectivity index (χ0v) is 10.7. The first-order valence-corrected chi connectivity index (χ1v) is 6.19. The third-order valence-corrected chi connectivity index (χ3v) is 3.04. The Morgan fingerprint density at radius 1 is 1.53 bits per heavy atom. The van der Waals surface area contributed by atoms with Crippen molar-refractivity contribution in [1.82, 2.24) is 0 Å². The van der Waals surface area contributed by atoms with Gasteiger partial charge >= 0.3 is 5.97 Å². The fourth-order valence-electron chi connectivity index (χ4n) is 1.71. The summed E-state index contributed by atoms with van der Waals surface area (Å²) in [6.07, 6.45) is 0.0837. The number of hydrogen-bond donors (Lipinski definition) is 1. The van der Waals surface area contributed by atoms with Crippen molar-refractivity contribution < 1.29 is 19.4 Å². The molecule has 1 fully saturated rings. The number of halogens is 1. The van der Waals surface area contributed by atoms with Crippen molar-refractivity contribution in [3.63, 3.8) is 0 Å². The number of rotatable bonds is 4. The lowest BCUT2D eigenvalue weighted by molar-refractivity contribution is -0.138. The number of ether oxygens (including phenoxy) is 2. The molecule has 1 aliphatic heterocycles. The standard InChI is InChI=1S/C12H13BrO4/c13-9-3-1-2-8(6-9)12-16-7-10(17-12)4-5-11(14)15/h1-3,6,10,12H,4-5,7H2,(H,14,15). The fraction of sp³-hybridized carbons (Fsp3) is 0.417. The van der Waals surface area contributed by atoms with Crippen LogP contribution in [0.4, 0.5) is 0 Å². The Labute approximate surface area is 108 Å². The second-order valence-electron chi connectivity index (χ2n) is 3.91. The summed E-state index contributed by atoms with van der Waals surface area (Å²) < 4.78 is 12.1. The van der Waals surface area contributed by atoms with Gasteiger partial charge in [0, 0.05) is 16.5 Å². The maximum Gasteiger partial charge on any atom is 0.303 e. The molecule has 17 heavy (non-hydrogen) atoms. The predicted molar refractivity (Wildman–Crippen MR) is 64.6 cm³/mol. The molecular weight excluding hydrogens is 288 g/mol. The Kier molecular flexibility index (Phi) is 4.15. The van der Waals surface area contributed by atoms with Crippen LogP contribution in [0.2, 0.25) is 0 Å². The van der Waals surface area contributed by atoms with Gasteiger partial charge in [0.1, 0.15) is 0 Å². The van der Waals surface area contributed by atoms with Gasteiger partial charge in [-0.25, -0.2) is 0 Å². The molecule has 0 aliphatic carbocycles. The molecule has 0 amide bonds. The van der Waals surface area contributed by atoms with Gasteiger partial charge in [0.05, 0.1) is 12.7 Å². The summed E-state index contributed by atoms with van der Waals surface area (Å²) in [6, 6.07) is 7.70. The highest BCUT2D eigenvalue weighted by Gasteiger charge is 2.27. The molecule has 2 unspecified atom stereocenters. The van der Waals surface area contributed by atoms with Crippen molar-refractivity contribution in [2.45, 2.75) is 25.2 Å². The lowest BCUT2D eigenvalue weighted by Gasteiger charge is -2.11. The second-order valence-corrected chi connectivity index (χ2v) is 4.83. The van der Waals surface area contributed by atoms with E-state index < -0.39 is 5.97 Å². The topological polar surface area (TPSA) is 55.8 Å². The maximum absolute atomic E-state index is 10.4. The highest BCUT2D eigenvalue weighted by Crippen LogP contribution is 2.29. The maximum atomic E-state index is 10.4. The molecular formula is C12H13BrO4. The van der Waals surface area contributed by atoms with Gasteiger partial charge in [-0.2, -0.15) is 0 Å². The van der Waals surface area contributed by atoms with Crippen molar-refractivity contribution >= 4 is 21.9 Å². The molecule has 0 saturated carbocycles. The van der Waals surface area contributed by atoms with E-state index in [1.54, 1.807) is 0 Å². The zero-order valence-electron chi connectivity index (χ0n) is 9.14. The smallest absolute Gasteiger partial charge is 0.303 e. The van der Waals surface area contributed by atoms with E-state index in [2.05, 4.69) is 15.9 Å². The van der Waals surface area contributed by atoms with Gasteiger partial charge in [0.2, 0.25) is 0 Å². The third kappa shape index (κ3) is 3.52. The first kappa shape index (κ1) is 12.5. The number of hydrogen-bond acceptors (Lipinski definition) is 3. The van der Waals surface area contributed by atoms with E-state index in [-0.39, 0.29) is 18.8 Å². The van der Waals surface area contributed by atoms with Crippen LogP contribution in [0.5, 0.6) is 0 Å². The summed E-state index contributed by atoms with van der Waals surface area (Å²) >= 11 is 3.39. The number of aliphatic carboxylic acids is 1. The first-order chi connectivity index (χ1) is 8.15. The average Bonchev–Trinajstić information content (AvgIpc) is 2.75. The molecule has 1 N–H and O–H groups in total. The number of benzene rings is 1. The van der Waals surface area contributed by atoms with Crippen LogP contribution in [0.3, 0.4) is 0 Å². The van der Waals surface area contributed by atoms with Gasteiger partial charge < -0.3 is 14.6 Å². The highest BCUT2D eigenvalue weighted by atomic mass is 79.9. The van der Waals surface area contributed by atoms with Crippen LogP contribution in [-0.2, 0) is 14.3 Å². The molecule has 0 aromatic heterocycles. The number of carboxylic acid groups (broad SMARTS) is 1. The van der Waals surface area contributed by atoms with Gasteiger partial charge in [0.25, 0.3) is 0 Å². The van der Waals surface area contributed by atoms with Gasteiger partial charge in [-0.05, 0) is 18.6 Å². The lowest BCUT2D eigenvalue weighted by atomic mass is 10.2. The average molecular weight is 301 g/mol. The van der Waals surface area contributed by atoms with E-state index in [0.29, 0.717) is 13.0 Å². The van der Waals surface area contributed by atoms with Gasteiger partial charge in [-0.1, -0.05) is 28.1 Å². The lowest BCUT2D eigenvalue weighted by Crippen LogP contribution is -2.12. The Hall–Kier alpha value is -0.910. The van der Waals surface area contributed by atoms with E-state index in [1.807, 2.05) is 24.3 Å². The van der Waals surface area contributed by atoms with Crippen molar-refractivity contribution in [3.8, 4) is 0 Å². The quantitative estimate of drug-likeness (QED) is 0.929. The van der Waals surface area contributed by atoms with Crippen molar-refractivity contribution in [3.05, 3.63) is 34.3 Å². The summed E-state index contributed by atoms with van der Waals surface area (Å²) in [4.78, 5) is 10.4. The highest BCUT2D eigenvalue weighted by molar-refractivity contribution is 9.10. The summed E-state index contributed by atoms with van der Waals surface area (Å²) in [5.74, 6) is -0.806. The van der Waals surface area contributed by atoms with Crippen LogP contribution in [-0.4, -0.2) is 23.8 Å². The van der Waals surface area contributed by atoms with Crippen molar-refractivity contribution in [2.24, 2.45) is 0 Å². The van der Waals surface area contributed by atoms with Gasteiger partial charge in [-0.3, -0.25) is 4.79 Å². The van der Waals surface area contributed by atoms with Crippen molar-refractivity contribution in [2.75, 3.05) is 6.61 Å². The second kappa shape index (κ2) is 5.62. The summed E-state index contributed by atoms with van der Waals surface area (Å²) in [6.45, 7) is 0.449. The Morgan fingerprint density at radius 2 is 2.35 bits per heavy atom. The Morgan fingerprint density at radius 3 is 3.06 bits per heavy atom. The van der Waals surface area contributed by atoms with E-state index >= 15 is 0 Å². The molecule has 0 spiro atoms. The van der Waals surface area contributed by atoms with Crippen LogP contribution < -0.4 is 0 Å². The minimum atomic E-state index is -0.806. The first-order valence-electron chi connectivity index (χ1n) is 5.39. The predicted octanol–water partition coefficient (Wildman–Crippen LogP) is 2.73. The van der Waals surface area contributed by atoms with E-state index in [4.69, 9.17) is 14.6 Å². The molecule has 1 heterocycles. The molecule has 5 heteroatoms. The molecule has 0 radical (unpaired) electrons. The number of carbonyl (C=O) groups is 1. The van der Waals surface area contributed by atoms with Gasteiger partial charge in [0.15, 0.2) is 6.29 Å². The Balaban J connectivity index is 1.91. The largest absolute Gasteiger partial charge is 0.481 e. The molecule has 1 aromatic rings. The zero-order chi connectivity index (χ0) is 12.3. The molecule has 1 aliphatic rings. The fourth-order valence-corrected chi connectivity index (χ4v) is 2.13. The summed E-state index contributed by atoms with van der Waals surface area (Å²) in [5, 5.41) is 8.59. The number of carboxylic acids is 1. The molecule has 2 rings (SSSR count). The normalized spacial score (nSPS) is 23.8. The Bertz CT molecular complexity index is 407. The molecule has 1 aromatic carbocycles. The molecule has 92 valence electrons. The SMILES string of the molecule is O=C(O)CCC1COC(c2cccc(Br)c2)O1. The minimum Gasteiger partial charge on any atom is -0.481 e. The van der Waals surface area contributed by atoms with Crippen LogP contribution in [0, 0.1) is 0 Å². The van der Waals surface area contributed by atoms with Crippen LogP contribution in [0.25, 0.3) is 0 Å². The van der Waals surface area contributed by atoms with Crippen LogP contribution >= 0.6 is 15.9 Å². The van der Waals surface area contributed by atoms with Gasteiger partial charge in [-0.15, -0.1) is 0 Å². The monoisotopic (exact) mass is 300 g/mol. The van der Waals surface area contributed by atoms with E-state index in [1.165, 1.54) is 0 Å². The molecule has 2 atom stereocenters. The van der Waals surface area contributed by atoms with Crippen LogP contribution in [0.15, 0.2) is 28.7 Å². The molecule has 1 saturated heterocycles. The van der Waals surface area contributed by atoms with E-state index in [9.17, 15) is 4.79 Å². The van der Waals surface area contributed by atoms with Crippen molar-refractivity contribution in [1.29, 1.82) is 0 Å². The molecule has 4 nitrogen and oxygen atoms in total. The summed E-state index contributed by atoms with van der Waals surface area (Å²) in [7, 11) is 0. The third-order valence-electron chi connectivity index (χ3n) is 2.55.